The summed E-state index contributed by atoms with van der Waals surface area (Å²) in [5.74, 6) is 0.00996. The van der Waals surface area contributed by atoms with Crippen LogP contribution in [-0.4, -0.2) is 26.7 Å². The molecule has 1 atom stereocenters. The normalized spacial score (nSPS) is 12.8. The van der Waals surface area contributed by atoms with Crippen LogP contribution in [0.4, 0.5) is 0 Å². The van der Waals surface area contributed by atoms with Crippen LogP contribution in [0.1, 0.15) is 24.1 Å². The van der Waals surface area contributed by atoms with Crippen LogP contribution in [0.25, 0.3) is 0 Å². The van der Waals surface area contributed by atoms with Gasteiger partial charge in [0.15, 0.2) is 0 Å². The van der Waals surface area contributed by atoms with E-state index in [1.54, 1.807) is 6.92 Å². The van der Waals surface area contributed by atoms with Crippen molar-refractivity contribution in [3.8, 4) is 0 Å². The molecule has 1 rings (SSSR count). The van der Waals surface area contributed by atoms with Crippen molar-refractivity contribution < 1.29 is 9.90 Å². The zero-order valence-electron chi connectivity index (χ0n) is 9.53. The highest BCUT2D eigenvalue weighted by Crippen LogP contribution is 2.07. The number of nitrogens with zero attached hydrogens (tertiary/aromatic N) is 2. The van der Waals surface area contributed by atoms with Gasteiger partial charge in [0.1, 0.15) is 11.9 Å². The van der Waals surface area contributed by atoms with Crippen molar-refractivity contribution in [2.45, 2.75) is 33.4 Å². The largest absolute Gasteiger partial charge is 0.480 e. The lowest BCUT2D eigenvalue weighted by Crippen LogP contribution is -2.33. The summed E-state index contributed by atoms with van der Waals surface area (Å²) in [6.45, 7) is 6.02. The Morgan fingerprint density at radius 2 is 2.20 bits per heavy atom. The average Bonchev–Trinajstić information content (AvgIpc) is 2.42. The average molecular weight is 211 g/mol. The third-order valence-corrected chi connectivity index (χ3v) is 2.65. The number of hydrogen-bond acceptors (Lipinski definition) is 3. The van der Waals surface area contributed by atoms with Crippen LogP contribution in [0.15, 0.2) is 0 Å². The van der Waals surface area contributed by atoms with E-state index in [1.165, 1.54) is 0 Å². The maximum absolute atomic E-state index is 10.6. The molecule has 0 aliphatic carbocycles. The van der Waals surface area contributed by atoms with E-state index in [2.05, 4.69) is 10.3 Å². The van der Waals surface area contributed by atoms with Gasteiger partial charge < -0.3 is 9.67 Å². The van der Waals surface area contributed by atoms with Gasteiger partial charge in [0.05, 0.1) is 12.2 Å². The SMILES string of the molecule is Cc1nc(CNC(C)C(=O)O)n(C)c1C. The molecule has 0 fully saturated rings. The van der Waals surface area contributed by atoms with Gasteiger partial charge in [0, 0.05) is 12.7 Å². The van der Waals surface area contributed by atoms with E-state index in [9.17, 15) is 4.79 Å². The molecule has 0 saturated heterocycles. The maximum atomic E-state index is 10.6. The molecule has 1 aromatic heterocycles. The first kappa shape index (κ1) is 11.7. The van der Waals surface area contributed by atoms with Gasteiger partial charge >= 0.3 is 5.97 Å². The number of aryl methyl sites for hydroxylation is 1. The second-order valence-corrected chi connectivity index (χ2v) is 3.70. The molecule has 5 nitrogen and oxygen atoms in total. The van der Waals surface area contributed by atoms with Gasteiger partial charge in [-0.2, -0.15) is 0 Å². The standard InChI is InChI=1S/C10H17N3O2/c1-6-8(3)13(4)9(12-6)5-11-7(2)10(14)15/h7,11H,5H2,1-4H3,(H,14,15). The number of aliphatic carboxylic acids is 1. The van der Waals surface area contributed by atoms with Crippen molar-refractivity contribution in [3.05, 3.63) is 17.2 Å². The molecule has 0 amide bonds. The molecule has 0 aliphatic heterocycles. The number of carboxylic acid groups (broad SMARTS) is 1. The van der Waals surface area contributed by atoms with E-state index < -0.39 is 12.0 Å². The number of carboxylic acids is 1. The highest BCUT2D eigenvalue weighted by molar-refractivity contribution is 5.72. The Kier molecular flexibility index (Phi) is 3.47. The van der Waals surface area contributed by atoms with Crippen LogP contribution < -0.4 is 5.32 Å². The lowest BCUT2D eigenvalue weighted by Gasteiger charge is -2.08. The molecule has 1 unspecified atom stereocenters. The lowest BCUT2D eigenvalue weighted by atomic mass is 10.3. The van der Waals surface area contributed by atoms with Gasteiger partial charge in [-0.1, -0.05) is 0 Å². The zero-order valence-corrected chi connectivity index (χ0v) is 9.53. The molecule has 0 saturated carbocycles. The Hall–Kier alpha value is -1.36. The molecule has 1 aromatic rings. The monoisotopic (exact) mass is 211 g/mol. The number of nitrogens with one attached hydrogen (secondary N) is 1. The second kappa shape index (κ2) is 4.44. The number of aromatic nitrogens is 2. The van der Waals surface area contributed by atoms with E-state index in [0.29, 0.717) is 6.54 Å². The lowest BCUT2D eigenvalue weighted by molar-refractivity contribution is -0.139. The molecule has 0 radical (unpaired) electrons. The highest BCUT2D eigenvalue weighted by Gasteiger charge is 2.12. The van der Waals surface area contributed by atoms with Crippen molar-refractivity contribution in [2.24, 2.45) is 7.05 Å². The van der Waals surface area contributed by atoms with Crippen LogP contribution >= 0.6 is 0 Å². The minimum absolute atomic E-state index is 0.471. The summed E-state index contributed by atoms with van der Waals surface area (Å²) in [5, 5.41) is 11.6. The summed E-state index contributed by atoms with van der Waals surface area (Å²) in [6, 6.07) is -0.553. The van der Waals surface area contributed by atoms with Gasteiger partial charge in [-0.25, -0.2) is 4.98 Å². The molecular formula is C10H17N3O2. The summed E-state index contributed by atoms with van der Waals surface area (Å²) in [7, 11) is 1.93. The molecule has 84 valence electrons. The molecule has 1 heterocycles. The van der Waals surface area contributed by atoms with Crippen molar-refractivity contribution in [1.82, 2.24) is 14.9 Å². The zero-order chi connectivity index (χ0) is 11.6. The van der Waals surface area contributed by atoms with E-state index in [0.717, 1.165) is 17.2 Å². The Labute approximate surface area is 89.1 Å². The van der Waals surface area contributed by atoms with Crippen LogP contribution in [0.3, 0.4) is 0 Å². The summed E-state index contributed by atoms with van der Waals surface area (Å²) >= 11 is 0. The van der Waals surface area contributed by atoms with Gasteiger partial charge in [0.25, 0.3) is 0 Å². The van der Waals surface area contributed by atoms with Crippen molar-refractivity contribution in [1.29, 1.82) is 0 Å². The summed E-state index contributed by atoms with van der Waals surface area (Å²) < 4.78 is 1.97. The Morgan fingerprint density at radius 3 is 2.60 bits per heavy atom. The Balaban J connectivity index is 2.66. The Morgan fingerprint density at radius 1 is 1.60 bits per heavy atom. The second-order valence-electron chi connectivity index (χ2n) is 3.70. The molecule has 15 heavy (non-hydrogen) atoms. The minimum Gasteiger partial charge on any atom is -0.480 e. The topological polar surface area (TPSA) is 67.2 Å². The third kappa shape index (κ3) is 2.56. The fraction of sp³-hybridized carbons (Fsp3) is 0.600. The summed E-state index contributed by atoms with van der Waals surface area (Å²) in [4.78, 5) is 14.9. The molecule has 0 bridgehead atoms. The molecule has 2 N–H and O–H groups in total. The van der Waals surface area contributed by atoms with Gasteiger partial charge in [-0.3, -0.25) is 10.1 Å². The van der Waals surface area contributed by atoms with Crippen LogP contribution in [0, 0.1) is 13.8 Å². The van der Waals surface area contributed by atoms with Crippen molar-refractivity contribution in [3.63, 3.8) is 0 Å². The Bertz CT molecular complexity index is 371. The van der Waals surface area contributed by atoms with Gasteiger partial charge in [-0.15, -0.1) is 0 Å². The number of imidazole rings is 1. The van der Waals surface area contributed by atoms with Crippen LogP contribution in [0.5, 0.6) is 0 Å². The predicted octanol–water partition coefficient (Wildman–Crippen LogP) is 0.600. The minimum atomic E-state index is -0.849. The number of hydrogen-bond donors (Lipinski definition) is 2. The molecular weight excluding hydrogens is 194 g/mol. The highest BCUT2D eigenvalue weighted by atomic mass is 16.4. The molecule has 0 aromatic carbocycles. The first-order valence-corrected chi connectivity index (χ1v) is 4.88. The van der Waals surface area contributed by atoms with Crippen molar-refractivity contribution in [2.75, 3.05) is 0 Å². The van der Waals surface area contributed by atoms with Crippen LogP contribution in [0.2, 0.25) is 0 Å². The third-order valence-electron chi connectivity index (χ3n) is 2.65. The molecule has 5 heteroatoms. The predicted molar refractivity (Wildman–Crippen MR) is 56.6 cm³/mol. The van der Waals surface area contributed by atoms with Gasteiger partial charge in [-0.05, 0) is 20.8 Å². The van der Waals surface area contributed by atoms with Gasteiger partial charge in [0.2, 0.25) is 0 Å². The number of carbonyl (C=O) groups is 1. The first-order chi connectivity index (χ1) is 6.93. The van der Waals surface area contributed by atoms with Crippen LogP contribution in [-0.2, 0) is 18.4 Å². The summed E-state index contributed by atoms with van der Waals surface area (Å²) in [5.41, 5.74) is 2.09. The molecule has 0 spiro atoms. The van der Waals surface area contributed by atoms with Crippen molar-refractivity contribution >= 4 is 5.97 Å². The maximum Gasteiger partial charge on any atom is 0.320 e. The quantitative estimate of drug-likeness (QED) is 0.765. The fourth-order valence-corrected chi connectivity index (χ4v) is 1.28. The van der Waals surface area contributed by atoms with E-state index in [4.69, 9.17) is 5.11 Å². The van der Waals surface area contributed by atoms with E-state index >= 15 is 0 Å². The van der Waals surface area contributed by atoms with E-state index in [1.807, 2.05) is 25.5 Å². The molecule has 0 aliphatic rings. The summed E-state index contributed by atoms with van der Waals surface area (Å²) in [6.07, 6.45) is 0. The smallest absolute Gasteiger partial charge is 0.320 e. The first-order valence-electron chi connectivity index (χ1n) is 4.88. The fourth-order valence-electron chi connectivity index (χ4n) is 1.28. The van der Waals surface area contributed by atoms with E-state index in [-0.39, 0.29) is 0 Å². The number of rotatable bonds is 4.